The highest BCUT2D eigenvalue weighted by Gasteiger charge is 2.12. The summed E-state index contributed by atoms with van der Waals surface area (Å²) in [7, 11) is -1.49. The van der Waals surface area contributed by atoms with Gasteiger partial charge in [0.05, 0.1) is 12.4 Å². The Balaban J connectivity index is 1.70. The van der Waals surface area contributed by atoms with Crippen LogP contribution in [0.1, 0.15) is 19.0 Å². The van der Waals surface area contributed by atoms with Crippen molar-refractivity contribution in [1.82, 2.24) is 4.98 Å². The van der Waals surface area contributed by atoms with Gasteiger partial charge in [0, 0.05) is 28.8 Å². The highest BCUT2D eigenvalue weighted by atomic mass is 32.2. The van der Waals surface area contributed by atoms with E-state index in [0.29, 0.717) is 18.1 Å². The van der Waals surface area contributed by atoms with E-state index in [-0.39, 0.29) is 35.9 Å². The first-order chi connectivity index (χ1) is 13.1. The minimum Gasteiger partial charge on any atom is -0.490 e. The maximum atomic E-state index is 12.1. The Bertz CT molecular complexity index is 805. The molecule has 7 nitrogen and oxygen atoms in total. The second-order valence-corrected chi connectivity index (χ2v) is 7.10. The van der Waals surface area contributed by atoms with E-state index in [1.165, 1.54) is 12.3 Å². The Morgan fingerprint density at radius 2 is 1.89 bits per heavy atom. The number of hydrogen-bond acceptors (Lipinski definition) is 6. The maximum Gasteiger partial charge on any atom is 0.318 e. The van der Waals surface area contributed by atoms with Crippen LogP contribution in [0.15, 0.2) is 47.4 Å². The van der Waals surface area contributed by atoms with Crippen molar-refractivity contribution in [3.05, 3.63) is 58.5 Å². The lowest BCUT2D eigenvalue weighted by atomic mass is 10.3. The standard InChI is InChI=1S/C19H23NO6S/c1-2-8-25-18-12-20-15(11-17(18)21)13-27(23)14-19(22)26-10-9-24-16-6-4-3-5-7-16/h3-7,11-12H,2,8-10,13-14H2,1H3,(H,20,21). The molecule has 0 saturated carbocycles. The normalized spacial score (nSPS) is 11.6. The molecule has 0 spiro atoms. The molecule has 2 rings (SSSR count). The molecule has 0 aliphatic rings. The van der Waals surface area contributed by atoms with E-state index in [0.717, 1.165) is 6.42 Å². The number of hydrogen-bond donors (Lipinski definition) is 1. The number of ether oxygens (including phenoxy) is 3. The van der Waals surface area contributed by atoms with Crippen LogP contribution in [-0.4, -0.2) is 40.7 Å². The zero-order chi connectivity index (χ0) is 19.5. The van der Waals surface area contributed by atoms with E-state index in [9.17, 15) is 13.8 Å². The van der Waals surface area contributed by atoms with E-state index in [1.807, 2.05) is 25.1 Å². The molecule has 1 unspecified atom stereocenters. The molecule has 0 amide bonds. The first kappa shape index (κ1) is 20.7. The number of rotatable bonds is 11. The Morgan fingerprint density at radius 3 is 2.59 bits per heavy atom. The number of nitrogens with one attached hydrogen (secondary N) is 1. The number of para-hydroxylation sites is 1. The van der Waals surface area contributed by atoms with Gasteiger partial charge < -0.3 is 19.2 Å². The van der Waals surface area contributed by atoms with Crippen LogP contribution >= 0.6 is 0 Å². The predicted octanol–water partition coefficient (Wildman–Crippen LogP) is 2.03. The molecule has 0 aliphatic heterocycles. The lowest BCUT2D eigenvalue weighted by Crippen LogP contribution is -2.19. The van der Waals surface area contributed by atoms with Gasteiger partial charge in [-0.15, -0.1) is 0 Å². The maximum absolute atomic E-state index is 12.1. The third-order valence-electron chi connectivity index (χ3n) is 3.35. The summed E-state index contributed by atoms with van der Waals surface area (Å²) >= 11 is 0. The predicted molar refractivity (Wildman–Crippen MR) is 102 cm³/mol. The molecule has 0 aliphatic carbocycles. The van der Waals surface area contributed by atoms with Crippen LogP contribution < -0.4 is 14.9 Å². The van der Waals surface area contributed by atoms with Crippen LogP contribution in [0.3, 0.4) is 0 Å². The minimum absolute atomic E-state index is 0.0545. The number of pyridine rings is 1. The number of H-pyrrole nitrogens is 1. The Labute approximate surface area is 160 Å². The summed E-state index contributed by atoms with van der Waals surface area (Å²) in [5, 5.41) is 0. The molecule has 1 heterocycles. The average molecular weight is 393 g/mol. The van der Waals surface area contributed by atoms with Crippen LogP contribution in [0.25, 0.3) is 0 Å². The quantitative estimate of drug-likeness (QED) is 0.464. The summed E-state index contributed by atoms with van der Waals surface area (Å²) in [6.45, 7) is 2.69. The molecule has 1 aromatic carbocycles. The monoisotopic (exact) mass is 393 g/mol. The zero-order valence-corrected chi connectivity index (χ0v) is 16.0. The smallest absolute Gasteiger partial charge is 0.318 e. The number of esters is 1. The summed E-state index contributed by atoms with van der Waals surface area (Å²) in [6.07, 6.45) is 2.24. The van der Waals surface area contributed by atoms with Crippen molar-refractivity contribution in [3.8, 4) is 11.5 Å². The van der Waals surface area contributed by atoms with Crippen LogP contribution in [0.2, 0.25) is 0 Å². The lowest BCUT2D eigenvalue weighted by Gasteiger charge is -2.08. The van der Waals surface area contributed by atoms with Crippen molar-refractivity contribution in [2.45, 2.75) is 19.1 Å². The molecule has 0 bridgehead atoms. The Kier molecular flexibility index (Phi) is 8.57. The lowest BCUT2D eigenvalue weighted by molar-refractivity contribution is -0.141. The van der Waals surface area contributed by atoms with Gasteiger partial charge in [-0.2, -0.15) is 0 Å². The Hall–Kier alpha value is -2.61. The molecule has 0 saturated heterocycles. The number of aromatic nitrogens is 1. The molecule has 0 radical (unpaired) electrons. The van der Waals surface area contributed by atoms with Gasteiger partial charge in [0.1, 0.15) is 24.7 Å². The fourth-order valence-corrected chi connectivity index (χ4v) is 3.10. The molecule has 1 N–H and O–H groups in total. The SMILES string of the molecule is CCCOc1c[nH]c(CS(=O)CC(=O)OCCOc2ccccc2)cc1=O. The molecular formula is C19H23NO6S. The number of carbonyl (C=O) groups is 1. The van der Waals surface area contributed by atoms with Gasteiger partial charge in [0.15, 0.2) is 5.75 Å². The molecule has 8 heteroatoms. The topological polar surface area (TPSA) is 94.7 Å². The number of carbonyl (C=O) groups excluding carboxylic acids is 1. The highest BCUT2D eigenvalue weighted by molar-refractivity contribution is 7.84. The average Bonchev–Trinajstić information content (AvgIpc) is 2.65. The highest BCUT2D eigenvalue weighted by Crippen LogP contribution is 2.08. The van der Waals surface area contributed by atoms with E-state index in [4.69, 9.17) is 14.2 Å². The van der Waals surface area contributed by atoms with Gasteiger partial charge in [0.25, 0.3) is 0 Å². The van der Waals surface area contributed by atoms with E-state index in [1.54, 1.807) is 12.1 Å². The van der Waals surface area contributed by atoms with Gasteiger partial charge in [-0.25, -0.2) is 0 Å². The molecule has 146 valence electrons. The van der Waals surface area contributed by atoms with Gasteiger partial charge in [-0.05, 0) is 18.6 Å². The van der Waals surface area contributed by atoms with Crippen LogP contribution in [0, 0.1) is 0 Å². The summed E-state index contributed by atoms with van der Waals surface area (Å²) in [4.78, 5) is 26.5. The molecule has 1 aromatic heterocycles. The zero-order valence-electron chi connectivity index (χ0n) is 15.1. The summed E-state index contributed by atoms with van der Waals surface area (Å²) in [6, 6.07) is 10.5. The summed E-state index contributed by atoms with van der Waals surface area (Å²) in [5.74, 6) is 0.146. The first-order valence-corrected chi connectivity index (χ1v) is 10.1. The Morgan fingerprint density at radius 1 is 1.11 bits per heavy atom. The number of benzene rings is 1. The van der Waals surface area contributed by atoms with Gasteiger partial charge in [-0.3, -0.25) is 13.8 Å². The second-order valence-electron chi connectivity index (χ2n) is 5.65. The van der Waals surface area contributed by atoms with Crippen molar-refractivity contribution < 1.29 is 23.2 Å². The van der Waals surface area contributed by atoms with Crippen molar-refractivity contribution >= 4 is 16.8 Å². The largest absolute Gasteiger partial charge is 0.490 e. The number of aromatic amines is 1. The van der Waals surface area contributed by atoms with Crippen LogP contribution in [0.4, 0.5) is 0 Å². The van der Waals surface area contributed by atoms with E-state index < -0.39 is 16.8 Å². The third kappa shape index (κ3) is 7.65. The second kappa shape index (κ2) is 11.2. The fourth-order valence-electron chi connectivity index (χ4n) is 2.14. The van der Waals surface area contributed by atoms with Crippen molar-refractivity contribution in [2.75, 3.05) is 25.6 Å². The third-order valence-corrected chi connectivity index (χ3v) is 4.54. The molecule has 27 heavy (non-hydrogen) atoms. The van der Waals surface area contributed by atoms with E-state index in [2.05, 4.69) is 4.98 Å². The minimum atomic E-state index is -1.49. The molecular weight excluding hydrogens is 370 g/mol. The van der Waals surface area contributed by atoms with Crippen LogP contribution in [-0.2, 0) is 26.1 Å². The van der Waals surface area contributed by atoms with Gasteiger partial charge in [-0.1, -0.05) is 25.1 Å². The van der Waals surface area contributed by atoms with Crippen LogP contribution in [0.5, 0.6) is 11.5 Å². The molecule has 1 atom stereocenters. The van der Waals surface area contributed by atoms with Crippen molar-refractivity contribution in [2.24, 2.45) is 0 Å². The molecule has 0 fully saturated rings. The first-order valence-electron chi connectivity index (χ1n) is 8.61. The van der Waals surface area contributed by atoms with Gasteiger partial charge >= 0.3 is 5.97 Å². The van der Waals surface area contributed by atoms with Gasteiger partial charge in [0.2, 0.25) is 5.43 Å². The fraction of sp³-hybridized carbons (Fsp3) is 0.368. The van der Waals surface area contributed by atoms with Crippen molar-refractivity contribution in [1.29, 1.82) is 0 Å². The summed E-state index contributed by atoms with van der Waals surface area (Å²) < 4.78 is 27.8. The molecule has 2 aromatic rings. The summed E-state index contributed by atoms with van der Waals surface area (Å²) in [5.41, 5.74) is 0.192. The van der Waals surface area contributed by atoms with E-state index >= 15 is 0 Å². The van der Waals surface area contributed by atoms with Crippen molar-refractivity contribution in [3.63, 3.8) is 0 Å².